The number of nitrogens with zero attached hydrogens (tertiary/aromatic N) is 5. The van der Waals surface area contributed by atoms with E-state index >= 15 is 0 Å². The molecule has 0 saturated carbocycles. The van der Waals surface area contributed by atoms with Crippen LogP contribution in [0.15, 0.2) is 43.1 Å². The molecule has 0 saturated heterocycles. The molecule has 6 heteroatoms. The molecule has 0 radical (unpaired) electrons. The van der Waals surface area contributed by atoms with Crippen LogP contribution in [0.4, 0.5) is 0 Å². The fourth-order valence-corrected chi connectivity index (χ4v) is 1.62. The Balaban J connectivity index is 1.86. The first-order valence-electron chi connectivity index (χ1n) is 5.55. The van der Waals surface area contributed by atoms with Gasteiger partial charge < -0.3 is 4.74 Å². The van der Waals surface area contributed by atoms with Gasteiger partial charge in [-0.1, -0.05) is 18.2 Å². The Kier molecular flexibility index (Phi) is 2.60. The Bertz CT molecular complexity index is 652. The summed E-state index contributed by atoms with van der Waals surface area (Å²) in [6, 6.07) is 8.09. The Hall–Kier alpha value is -2.50. The largest absolute Gasteiger partial charge is 0.438 e. The van der Waals surface area contributed by atoms with Crippen LogP contribution in [0, 0.1) is 0 Å². The number of benzene rings is 1. The van der Waals surface area contributed by atoms with E-state index in [4.69, 9.17) is 4.74 Å². The average molecular weight is 241 g/mol. The predicted octanol–water partition coefficient (Wildman–Crippen LogP) is 1.82. The van der Waals surface area contributed by atoms with Gasteiger partial charge in [-0.25, -0.2) is 14.6 Å². The SMILES string of the molecule is CC(Oc1ncc2ccccc2n1)n1cncn1. The highest BCUT2D eigenvalue weighted by atomic mass is 16.5. The van der Waals surface area contributed by atoms with Crippen LogP contribution >= 0.6 is 0 Å². The zero-order valence-corrected chi connectivity index (χ0v) is 9.76. The van der Waals surface area contributed by atoms with Crippen LogP contribution in [0.1, 0.15) is 13.2 Å². The molecule has 18 heavy (non-hydrogen) atoms. The van der Waals surface area contributed by atoms with Crippen molar-refractivity contribution in [2.24, 2.45) is 0 Å². The van der Waals surface area contributed by atoms with Crippen LogP contribution in [0.2, 0.25) is 0 Å². The highest BCUT2D eigenvalue weighted by Gasteiger charge is 2.08. The van der Waals surface area contributed by atoms with Crippen molar-refractivity contribution in [3.05, 3.63) is 43.1 Å². The lowest BCUT2D eigenvalue weighted by Gasteiger charge is -2.12. The van der Waals surface area contributed by atoms with E-state index in [9.17, 15) is 0 Å². The summed E-state index contributed by atoms with van der Waals surface area (Å²) < 4.78 is 7.20. The lowest BCUT2D eigenvalue weighted by molar-refractivity contribution is 0.124. The molecular weight excluding hydrogens is 230 g/mol. The van der Waals surface area contributed by atoms with E-state index in [2.05, 4.69) is 20.1 Å². The maximum atomic E-state index is 5.61. The number of ether oxygens (including phenoxy) is 1. The zero-order valence-electron chi connectivity index (χ0n) is 9.76. The second-order valence-electron chi connectivity index (χ2n) is 3.80. The minimum atomic E-state index is -0.298. The van der Waals surface area contributed by atoms with Crippen molar-refractivity contribution in [3.63, 3.8) is 0 Å². The third-order valence-electron chi connectivity index (χ3n) is 2.55. The topological polar surface area (TPSA) is 65.7 Å². The molecule has 2 heterocycles. The standard InChI is InChI=1S/C12H11N5O/c1-9(17-8-13-7-15-17)18-12-14-6-10-4-2-3-5-11(10)16-12/h2-9H,1H3. The lowest BCUT2D eigenvalue weighted by Crippen LogP contribution is -2.14. The van der Waals surface area contributed by atoms with Crippen molar-refractivity contribution in [2.75, 3.05) is 0 Å². The fraction of sp³-hybridized carbons (Fsp3) is 0.167. The van der Waals surface area contributed by atoms with E-state index in [-0.39, 0.29) is 6.23 Å². The number of para-hydroxylation sites is 1. The minimum Gasteiger partial charge on any atom is -0.438 e. The molecule has 0 aliphatic heterocycles. The van der Waals surface area contributed by atoms with Crippen molar-refractivity contribution in [3.8, 4) is 6.01 Å². The van der Waals surface area contributed by atoms with E-state index in [0.29, 0.717) is 6.01 Å². The zero-order chi connectivity index (χ0) is 12.4. The van der Waals surface area contributed by atoms with Gasteiger partial charge in [-0.05, 0) is 13.0 Å². The predicted molar refractivity (Wildman–Crippen MR) is 64.9 cm³/mol. The summed E-state index contributed by atoms with van der Waals surface area (Å²) in [5.74, 6) is 0. The van der Waals surface area contributed by atoms with Gasteiger partial charge in [-0.3, -0.25) is 0 Å². The van der Waals surface area contributed by atoms with E-state index in [1.165, 1.54) is 6.33 Å². The van der Waals surface area contributed by atoms with Gasteiger partial charge in [-0.2, -0.15) is 10.1 Å². The van der Waals surface area contributed by atoms with Crippen molar-refractivity contribution in [1.82, 2.24) is 24.7 Å². The van der Waals surface area contributed by atoms with Gasteiger partial charge in [0.25, 0.3) is 0 Å². The second kappa shape index (κ2) is 4.40. The first-order chi connectivity index (χ1) is 8.83. The molecule has 0 fully saturated rings. The molecule has 2 aromatic heterocycles. The molecule has 0 bridgehead atoms. The fourth-order valence-electron chi connectivity index (χ4n) is 1.62. The van der Waals surface area contributed by atoms with Crippen LogP contribution < -0.4 is 4.74 Å². The Morgan fingerprint density at radius 2 is 2.17 bits per heavy atom. The number of hydrogen-bond acceptors (Lipinski definition) is 5. The summed E-state index contributed by atoms with van der Waals surface area (Å²) in [6.45, 7) is 1.85. The van der Waals surface area contributed by atoms with E-state index in [1.807, 2.05) is 31.2 Å². The van der Waals surface area contributed by atoms with Crippen molar-refractivity contribution in [1.29, 1.82) is 0 Å². The Morgan fingerprint density at radius 1 is 1.28 bits per heavy atom. The van der Waals surface area contributed by atoms with Crippen LogP contribution in [-0.2, 0) is 0 Å². The maximum Gasteiger partial charge on any atom is 0.318 e. The molecule has 0 aliphatic carbocycles. The van der Waals surface area contributed by atoms with E-state index in [1.54, 1.807) is 17.2 Å². The molecule has 1 unspecified atom stereocenters. The smallest absolute Gasteiger partial charge is 0.318 e. The third kappa shape index (κ3) is 2.00. The van der Waals surface area contributed by atoms with Gasteiger partial charge in [0.15, 0.2) is 6.23 Å². The summed E-state index contributed by atoms with van der Waals surface area (Å²) in [7, 11) is 0. The summed E-state index contributed by atoms with van der Waals surface area (Å²) >= 11 is 0. The van der Waals surface area contributed by atoms with Crippen molar-refractivity contribution >= 4 is 10.9 Å². The molecular formula is C12H11N5O. The highest BCUT2D eigenvalue weighted by Crippen LogP contribution is 2.15. The first kappa shape index (κ1) is 10.6. The monoisotopic (exact) mass is 241 g/mol. The minimum absolute atomic E-state index is 0.298. The van der Waals surface area contributed by atoms with Gasteiger partial charge in [0.2, 0.25) is 0 Å². The molecule has 0 amide bonds. The molecule has 6 nitrogen and oxygen atoms in total. The van der Waals surface area contributed by atoms with Crippen LogP contribution in [-0.4, -0.2) is 24.7 Å². The van der Waals surface area contributed by atoms with Gasteiger partial charge >= 0.3 is 6.01 Å². The lowest BCUT2D eigenvalue weighted by atomic mass is 10.2. The van der Waals surface area contributed by atoms with Crippen molar-refractivity contribution in [2.45, 2.75) is 13.2 Å². The Labute approximate surface area is 103 Å². The van der Waals surface area contributed by atoms with Crippen molar-refractivity contribution < 1.29 is 4.74 Å². The highest BCUT2D eigenvalue weighted by molar-refractivity contribution is 5.77. The molecule has 3 aromatic rings. The summed E-state index contributed by atoms with van der Waals surface area (Å²) in [5, 5.41) is 4.98. The van der Waals surface area contributed by atoms with E-state index in [0.717, 1.165) is 10.9 Å². The number of hydrogen-bond donors (Lipinski definition) is 0. The van der Waals surface area contributed by atoms with Gasteiger partial charge in [0.1, 0.15) is 12.7 Å². The van der Waals surface area contributed by atoms with Crippen LogP contribution in [0.5, 0.6) is 6.01 Å². The summed E-state index contributed by atoms with van der Waals surface area (Å²) in [5.41, 5.74) is 0.855. The molecule has 1 aromatic carbocycles. The van der Waals surface area contributed by atoms with Crippen LogP contribution in [0.3, 0.4) is 0 Å². The molecule has 0 aliphatic rings. The quantitative estimate of drug-likeness (QED) is 0.699. The molecule has 3 rings (SSSR count). The number of fused-ring (bicyclic) bond motifs is 1. The van der Waals surface area contributed by atoms with Gasteiger partial charge in [0.05, 0.1) is 5.52 Å². The van der Waals surface area contributed by atoms with Gasteiger partial charge in [-0.15, -0.1) is 0 Å². The molecule has 0 N–H and O–H groups in total. The third-order valence-corrected chi connectivity index (χ3v) is 2.55. The first-order valence-corrected chi connectivity index (χ1v) is 5.55. The number of aromatic nitrogens is 5. The molecule has 90 valence electrons. The average Bonchev–Trinajstić information content (AvgIpc) is 2.92. The number of rotatable bonds is 3. The van der Waals surface area contributed by atoms with Crippen LogP contribution in [0.25, 0.3) is 10.9 Å². The van der Waals surface area contributed by atoms with E-state index < -0.39 is 0 Å². The normalized spacial score (nSPS) is 12.5. The Morgan fingerprint density at radius 3 is 3.00 bits per heavy atom. The second-order valence-corrected chi connectivity index (χ2v) is 3.80. The molecule has 0 spiro atoms. The summed E-state index contributed by atoms with van der Waals surface area (Å²) in [6.07, 6.45) is 4.49. The maximum absolute atomic E-state index is 5.61. The van der Waals surface area contributed by atoms with Gasteiger partial charge in [0, 0.05) is 11.6 Å². The summed E-state index contributed by atoms with van der Waals surface area (Å²) in [4.78, 5) is 12.4. The molecule has 1 atom stereocenters.